The van der Waals surface area contributed by atoms with Crippen LogP contribution in [0.5, 0.6) is 0 Å². The highest BCUT2D eigenvalue weighted by molar-refractivity contribution is 7.10. The highest BCUT2D eigenvalue weighted by Gasteiger charge is 2.28. The molecule has 0 aromatic carbocycles. The number of carboxylic acids is 1. The number of rotatable bonds is 6. The van der Waals surface area contributed by atoms with Crippen LogP contribution in [-0.2, 0) is 22.6 Å². The van der Waals surface area contributed by atoms with Crippen molar-refractivity contribution in [2.24, 2.45) is 0 Å². The van der Waals surface area contributed by atoms with E-state index in [2.05, 4.69) is 16.3 Å². The van der Waals surface area contributed by atoms with Crippen LogP contribution in [0.2, 0.25) is 0 Å². The minimum Gasteiger partial charge on any atom is -0.480 e. The molecule has 0 atom stereocenters. The van der Waals surface area contributed by atoms with Crippen molar-refractivity contribution in [2.45, 2.75) is 38.8 Å². The monoisotopic (exact) mass is 401 g/mol. The van der Waals surface area contributed by atoms with Crippen molar-refractivity contribution in [1.82, 2.24) is 14.7 Å². The molecule has 1 aromatic heterocycles. The van der Waals surface area contributed by atoms with Crippen molar-refractivity contribution in [3.63, 3.8) is 0 Å². The first-order chi connectivity index (χ1) is 12.1. The fourth-order valence-corrected chi connectivity index (χ4v) is 4.76. The molecule has 1 N–H and O–H groups in total. The molecule has 0 aliphatic carbocycles. The molecule has 0 unspecified atom stereocenters. The molecule has 2 aliphatic heterocycles. The minimum atomic E-state index is -0.766. The number of hydrogen-bond donors (Lipinski definition) is 1. The van der Waals surface area contributed by atoms with Crippen LogP contribution in [0.1, 0.15) is 30.2 Å². The molecule has 1 amide bonds. The van der Waals surface area contributed by atoms with Crippen molar-refractivity contribution in [1.29, 1.82) is 0 Å². The van der Waals surface area contributed by atoms with Crippen molar-refractivity contribution >= 4 is 35.6 Å². The number of carbonyl (C=O) groups is 2. The van der Waals surface area contributed by atoms with Gasteiger partial charge < -0.3 is 10.0 Å². The van der Waals surface area contributed by atoms with Gasteiger partial charge in [0.15, 0.2) is 0 Å². The third-order valence-electron chi connectivity index (χ3n) is 5.34. The van der Waals surface area contributed by atoms with Crippen LogP contribution in [-0.4, -0.2) is 77.0 Å². The molecule has 8 heteroatoms. The maximum atomic E-state index is 12.6. The fourth-order valence-electron chi connectivity index (χ4n) is 3.87. The van der Waals surface area contributed by atoms with E-state index in [9.17, 15) is 9.59 Å². The molecule has 0 radical (unpaired) electrons. The maximum Gasteiger partial charge on any atom is 0.317 e. The Kier molecular flexibility index (Phi) is 7.88. The molecule has 26 heavy (non-hydrogen) atoms. The summed E-state index contributed by atoms with van der Waals surface area (Å²) in [5.41, 5.74) is 1.30. The van der Waals surface area contributed by atoms with Gasteiger partial charge in [0.2, 0.25) is 5.91 Å². The quantitative estimate of drug-likeness (QED) is 0.789. The highest BCUT2D eigenvalue weighted by atomic mass is 35.5. The molecule has 6 nitrogen and oxygen atoms in total. The number of hydrogen-bond acceptors (Lipinski definition) is 5. The predicted octanol–water partition coefficient (Wildman–Crippen LogP) is 1.93. The van der Waals surface area contributed by atoms with E-state index in [0.717, 1.165) is 52.0 Å². The summed E-state index contributed by atoms with van der Waals surface area (Å²) in [6, 6.07) is 2.45. The van der Waals surface area contributed by atoms with Gasteiger partial charge in [0.1, 0.15) is 0 Å². The molecule has 0 saturated carbocycles. The van der Waals surface area contributed by atoms with E-state index in [1.54, 1.807) is 11.3 Å². The number of likely N-dealkylation sites (N-methyl/N-ethyl adjacent to an activating group) is 1. The molecule has 0 bridgehead atoms. The summed E-state index contributed by atoms with van der Waals surface area (Å²) in [5, 5.41) is 11.1. The van der Waals surface area contributed by atoms with E-state index in [-0.39, 0.29) is 24.9 Å². The molecule has 1 saturated heterocycles. The Morgan fingerprint density at radius 2 is 2.04 bits per heavy atom. The second-order valence-corrected chi connectivity index (χ2v) is 7.90. The molecular weight excluding hydrogens is 374 g/mol. The van der Waals surface area contributed by atoms with E-state index >= 15 is 0 Å². The zero-order valence-corrected chi connectivity index (χ0v) is 16.9. The van der Waals surface area contributed by atoms with Gasteiger partial charge in [0, 0.05) is 37.1 Å². The highest BCUT2D eigenvalue weighted by Crippen LogP contribution is 2.24. The number of carboxylic acid groups (broad SMARTS) is 1. The Morgan fingerprint density at radius 1 is 1.31 bits per heavy atom. The second-order valence-electron chi connectivity index (χ2n) is 6.90. The number of piperidine rings is 1. The second kappa shape index (κ2) is 9.69. The summed E-state index contributed by atoms with van der Waals surface area (Å²) in [4.78, 5) is 31.2. The smallest absolute Gasteiger partial charge is 0.317 e. The van der Waals surface area contributed by atoms with Crippen LogP contribution < -0.4 is 0 Å². The lowest BCUT2D eigenvalue weighted by Gasteiger charge is -2.38. The van der Waals surface area contributed by atoms with Crippen molar-refractivity contribution in [3.05, 3.63) is 21.9 Å². The topological polar surface area (TPSA) is 64.1 Å². The molecule has 2 aliphatic rings. The van der Waals surface area contributed by atoms with Crippen LogP contribution in [0.25, 0.3) is 0 Å². The van der Waals surface area contributed by atoms with Crippen molar-refractivity contribution in [2.75, 3.05) is 39.3 Å². The SMILES string of the molecule is CCN(CC(=O)O)C1CCN(CC(=O)N2CCc3sccc3C2)CC1.Cl. The Hall–Kier alpha value is -1.15. The van der Waals surface area contributed by atoms with E-state index < -0.39 is 5.97 Å². The van der Waals surface area contributed by atoms with Crippen molar-refractivity contribution < 1.29 is 14.7 Å². The lowest BCUT2D eigenvalue weighted by molar-refractivity contribution is -0.139. The van der Waals surface area contributed by atoms with Gasteiger partial charge >= 0.3 is 5.97 Å². The lowest BCUT2D eigenvalue weighted by atomic mass is 10.0. The number of amides is 1. The van der Waals surface area contributed by atoms with Crippen molar-refractivity contribution in [3.8, 4) is 0 Å². The number of nitrogens with zero attached hydrogens (tertiary/aromatic N) is 3. The van der Waals surface area contributed by atoms with E-state index in [4.69, 9.17) is 5.11 Å². The van der Waals surface area contributed by atoms with Crippen LogP contribution >= 0.6 is 23.7 Å². The number of carbonyl (C=O) groups excluding carboxylic acids is 1. The van der Waals surface area contributed by atoms with Crippen LogP contribution in [0.3, 0.4) is 0 Å². The first-order valence-corrected chi connectivity index (χ1v) is 9.96. The molecule has 3 heterocycles. The molecule has 1 aromatic rings. The van der Waals surface area contributed by atoms with Gasteiger partial charge in [-0.2, -0.15) is 0 Å². The Balaban J connectivity index is 0.00000243. The Labute approximate surface area is 165 Å². The summed E-state index contributed by atoms with van der Waals surface area (Å²) < 4.78 is 0. The van der Waals surface area contributed by atoms with Gasteiger partial charge in [-0.05, 0) is 42.8 Å². The number of fused-ring (bicyclic) bond motifs is 1. The molecule has 1 fully saturated rings. The summed E-state index contributed by atoms with van der Waals surface area (Å²) in [6.45, 7) is 6.66. The largest absolute Gasteiger partial charge is 0.480 e. The summed E-state index contributed by atoms with van der Waals surface area (Å²) in [7, 11) is 0. The third-order valence-corrected chi connectivity index (χ3v) is 6.36. The van der Waals surface area contributed by atoms with Gasteiger partial charge in [-0.1, -0.05) is 6.92 Å². The Bertz CT molecular complexity index is 617. The zero-order chi connectivity index (χ0) is 17.8. The first-order valence-electron chi connectivity index (χ1n) is 9.08. The van der Waals surface area contributed by atoms with Gasteiger partial charge in [-0.3, -0.25) is 19.4 Å². The number of likely N-dealkylation sites (tertiary alicyclic amines) is 1. The first kappa shape index (κ1) is 21.2. The molecule has 3 rings (SSSR count). The number of aliphatic carboxylic acids is 1. The third kappa shape index (κ3) is 5.19. The minimum absolute atomic E-state index is 0. The maximum absolute atomic E-state index is 12.6. The van der Waals surface area contributed by atoms with Gasteiger partial charge in [0.05, 0.1) is 13.1 Å². The van der Waals surface area contributed by atoms with Gasteiger partial charge in [-0.15, -0.1) is 23.7 Å². The predicted molar refractivity (Wildman–Crippen MR) is 105 cm³/mol. The zero-order valence-electron chi connectivity index (χ0n) is 15.2. The van der Waals surface area contributed by atoms with E-state index in [1.807, 2.05) is 16.7 Å². The number of halogens is 1. The standard InChI is InChI=1S/C18H27N3O3S.ClH/c1-2-20(13-18(23)24)15-3-7-19(8-4-15)12-17(22)21-9-5-16-14(11-21)6-10-25-16;/h6,10,15H,2-5,7-9,11-13H2,1H3,(H,23,24);1H. The van der Waals surface area contributed by atoms with Gasteiger partial charge in [-0.25, -0.2) is 0 Å². The molecule has 0 spiro atoms. The average molecular weight is 402 g/mol. The molecular formula is C18H28ClN3O3S. The molecule has 146 valence electrons. The average Bonchev–Trinajstić information content (AvgIpc) is 3.08. The van der Waals surface area contributed by atoms with Gasteiger partial charge in [0.25, 0.3) is 0 Å². The lowest BCUT2D eigenvalue weighted by Crippen LogP contribution is -2.49. The summed E-state index contributed by atoms with van der Waals surface area (Å²) in [5.74, 6) is -0.550. The summed E-state index contributed by atoms with van der Waals surface area (Å²) in [6.07, 6.45) is 2.84. The fraction of sp³-hybridized carbons (Fsp3) is 0.667. The van der Waals surface area contributed by atoms with Crippen LogP contribution in [0.15, 0.2) is 11.4 Å². The number of thiophene rings is 1. The van der Waals surface area contributed by atoms with Crippen LogP contribution in [0, 0.1) is 0 Å². The summed E-state index contributed by atoms with van der Waals surface area (Å²) >= 11 is 1.79. The Morgan fingerprint density at radius 3 is 2.69 bits per heavy atom. The normalized spacial score (nSPS) is 18.5. The van der Waals surface area contributed by atoms with E-state index in [0.29, 0.717) is 12.6 Å². The van der Waals surface area contributed by atoms with Crippen LogP contribution in [0.4, 0.5) is 0 Å². The van der Waals surface area contributed by atoms with E-state index in [1.165, 1.54) is 10.4 Å².